The number of hydrogen-bond donors (Lipinski definition) is 1. The monoisotopic (exact) mass is 509 g/mol. The van der Waals surface area contributed by atoms with Crippen LogP contribution < -0.4 is 9.64 Å². The fraction of sp³-hybridized carbons (Fsp3) is 0.379. The zero-order chi connectivity index (χ0) is 25.9. The van der Waals surface area contributed by atoms with Crippen molar-refractivity contribution in [3.63, 3.8) is 0 Å². The molecule has 2 aliphatic heterocycles. The maximum atomic E-state index is 13.2. The lowest BCUT2D eigenvalue weighted by molar-refractivity contribution is -0.134. The number of nitrogens with one attached hydrogen (secondary N) is 1. The zero-order valence-corrected chi connectivity index (χ0v) is 21.3. The van der Waals surface area contributed by atoms with Crippen LogP contribution >= 0.6 is 0 Å². The third kappa shape index (κ3) is 5.00. The number of pyridine rings is 2. The molecule has 9 heteroatoms. The van der Waals surface area contributed by atoms with Crippen LogP contribution in [0.2, 0.25) is 0 Å². The van der Waals surface area contributed by atoms with Gasteiger partial charge in [-0.1, -0.05) is 0 Å². The van der Waals surface area contributed by atoms with Crippen molar-refractivity contribution in [2.24, 2.45) is 5.92 Å². The zero-order valence-electron chi connectivity index (χ0n) is 21.3. The molecule has 6 rings (SSSR count). The van der Waals surface area contributed by atoms with Gasteiger partial charge in [0.1, 0.15) is 11.4 Å². The van der Waals surface area contributed by atoms with Crippen molar-refractivity contribution in [3.05, 3.63) is 60.6 Å². The highest BCUT2D eigenvalue weighted by molar-refractivity contribution is 6.10. The first-order chi connectivity index (χ1) is 18.7. The van der Waals surface area contributed by atoms with E-state index in [1.54, 1.807) is 12.1 Å². The maximum absolute atomic E-state index is 13.2. The summed E-state index contributed by atoms with van der Waals surface area (Å²) in [7, 11) is 0. The van der Waals surface area contributed by atoms with E-state index >= 15 is 0 Å². The molecule has 5 heterocycles. The first-order valence-electron chi connectivity index (χ1n) is 13.3. The van der Waals surface area contributed by atoms with E-state index in [1.807, 2.05) is 35.6 Å². The van der Waals surface area contributed by atoms with Crippen molar-refractivity contribution in [2.75, 3.05) is 57.3 Å². The quantitative estimate of drug-likeness (QED) is 0.425. The van der Waals surface area contributed by atoms with E-state index < -0.39 is 0 Å². The van der Waals surface area contributed by atoms with Gasteiger partial charge < -0.3 is 19.5 Å². The summed E-state index contributed by atoms with van der Waals surface area (Å²) in [5.41, 5.74) is 3.57. The molecule has 1 atom stereocenters. The minimum atomic E-state index is 0.205. The van der Waals surface area contributed by atoms with Crippen molar-refractivity contribution in [1.82, 2.24) is 24.8 Å². The van der Waals surface area contributed by atoms with E-state index in [9.17, 15) is 4.79 Å². The number of carbonyl (C=O) groups excluding carboxylic acids is 1. The standard InChI is InChI=1S/C29H31N7O2/c30-16-21-3-5-23(6-4-21)38-20-22-2-1-11-36(18-22)27(37)19-34-12-14-35(15-13-34)26-8-10-31-25-17-33-29-24(28(25)26)7-9-32-29/h3-10,17,22H,1-2,11-15,18-20H2,(H,32,33). The number of amides is 1. The molecule has 3 aromatic heterocycles. The number of hydrogen-bond acceptors (Lipinski definition) is 7. The Morgan fingerprint density at radius 1 is 1.08 bits per heavy atom. The van der Waals surface area contributed by atoms with E-state index in [-0.39, 0.29) is 5.91 Å². The number of carbonyl (C=O) groups is 1. The second-order valence-electron chi connectivity index (χ2n) is 10.1. The summed E-state index contributed by atoms with van der Waals surface area (Å²) in [6.45, 7) is 6.00. The molecule has 2 aliphatic rings. The number of benzene rings is 1. The molecule has 1 N–H and O–H groups in total. The Kier molecular flexibility index (Phi) is 6.80. The molecule has 4 aromatic rings. The number of aromatic amines is 1. The molecule has 194 valence electrons. The number of likely N-dealkylation sites (tertiary alicyclic amines) is 1. The van der Waals surface area contributed by atoms with Gasteiger partial charge in [0.15, 0.2) is 0 Å². The molecule has 0 spiro atoms. The Balaban J connectivity index is 1.03. The summed E-state index contributed by atoms with van der Waals surface area (Å²) in [6.07, 6.45) is 7.66. The summed E-state index contributed by atoms with van der Waals surface area (Å²) in [5.74, 6) is 1.29. The molecule has 0 bridgehead atoms. The summed E-state index contributed by atoms with van der Waals surface area (Å²) in [4.78, 5) is 32.1. The third-order valence-corrected chi connectivity index (χ3v) is 7.68. The normalized spacial score (nSPS) is 18.6. The van der Waals surface area contributed by atoms with Gasteiger partial charge in [0, 0.05) is 74.0 Å². The highest BCUT2D eigenvalue weighted by atomic mass is 16.5. The number of nitriles is 1. The van der Waals surface area contributed by atoms with Gasteiger partial charge in [0.05, 0.1) is 36.5 Å². The molecule has 0 saturated carbocycles. The number of piperazine rings is 1. The molecule has 2 fully saturated rings. The van der Waals surface area contributed by atoms with E-state index in [0.29, 0.717) is 24.6 Å². The van der Waals surface area contributed by atoms with Gasteiger partial charge in [0.2, 0.25) is 5.91 Å². The fourth-order valence-electron chi connectivity index (χ4n) is 5.61. The van der Waals surface area contributed by atoms with Crippen LogP contribution in [-0.4, -0.2) is 83.1 Å². The van der Waals surface area contributed by atoms with Crippen LogP contribution in [0, 0.1) is 17.2 Å². The number of nitrogens with zero attached hydrogens (tertiary/aromatic N) is 6. The second-order valence-corrected chi connectivity index (χ2v) is 10.1. The Labute approximate surface area is 221 Å². The number of rotatable bonds is 6. The SMILES string of the molecule is N#Cc1ccc(OCC2CCCN(C(=O)CN3CCN(c4ccnc5cnc6[nH]ccc6c45)CC3)C2)cc1. The predicted octanol–water partition coefficient (Wildman–Crippen LogP) is 3.42. The molecule has 1 aromatic carbocycles. The van der Waals surface area contributed by atoms with E-state index in [0.717, 1.165) is 79.8 Å². The van der Waals surface area contributed by atoms with Crippen LogP contribution in [0.1, 0.15) is 18.4 Å². The van der Waals surface area contributed by atoms with Gasteiger partial charge >= 0.3 is 0 Å². The highest BCUT2D eigenvalue weighted by Crippen LogP contribution is 2.31. The van der Waals surface area contributed by atoms with Crippen molar-refractivity contribution in [1.29, 1.82) is 5.26 Å². The van der Waals surface area contributed by atoms with Crippen LogP contribution in [-0.2, 0) is 4.79 Å². The lowest BCUT2D eigenvalue weighted by Gasteiger charge is -2.38. The topological polar surface area (TPSA) is 101 Å². The Hall–Kier alpha value is -4.16. The van der Waals surface area contributed by atoms with Gasteiger partial charge in [-0.15, -0.1) is 0 Å². The molecular formula is C29H31N7O2. The third-order valence-electron chi connectivity index (χ3n) is 7.68. The predicted molar refractivity (Wildman–Crippen MR) is 146 cm³/mol. The molecule has 38 heavy (non-hydrogen) atoms. The van der Waals surface area contributed by atoms with Crippen molar-refractivity contribution >= 4 is 33.5 Å². The van der Waals surface area contributed by atoms with Crippen LogP contribution in [0.3, 0.4) is 0 Å². The van der Waals surface area contributed by atoms with Crippen LogP contribution in [0.5, 0.6) is 5.75 Å². The van der Waals surface area contributed by atoms with Crippen LogP contribution in [0.25, 0.3) is 21.9 Å². The van der Waals surface area contributed by atoms with Crippen molar-refractivity contribution in [2.45, 2.75) is 12.8 Å². The number of aromatic nitrogens is 3. The van der Waals surface area contributed by atoms with Crippen LogP contribution in [0.4, 0.5) is 5.69 Å². The highest BCUT2D eigenvalue weighted by Gasteiger charge is 2.27. The van der Waals surface area contributed by atoms with Gasteiger partial charge in [0.25, 0.3) is 0 Å². The molecule has 1 amide bonds. The molecule has 0 radical (unpaired) electrons. The van der Waals surface area contributed by atoms with Gasteiger partial charge in [-0.2, -0.15) is 5.26 Å². The summed E-state index contributed by atoms with van der Waals surface area (Å²) >= 11 is 0. The van der Waals surface area contributed by atoms with E-state index in [4.69, 9.17) is 10.00 Å². The largest absolute Gasteiger partial charge is 0.493 e. The lowest BCUT2D eigenvalue weighted by Crippen LogP contribution is -2.51. The van der Waals surface area contributed by atoms with Gasteiger partial charge in [-0.25, -0.2) is 4.98 Å². The molecule has 2 saturated heterocycles. The van der Waals surface area contributed by atoms with Gasteiger partial charge in [-0.3, -0.25) is 14.7 Å². The molecular weight excluding hydrogens is 478 g/mol. The molecule has 0 aliphatic carbocycles. The average molecular weight is 510 g/mol. The van der Waals surface area contributed by atoms with Crippen molar-refractivity contribution in [3.8, 4) is 11.8 Å². The number of ether oxygens (including phenoxy) is 1. The first kappa shape index (κ1) is 24.2. The minimum Gasteiger partial charge on any atom is -0.493 e. The summed E-state index contributed by atoms with van der Waals surface area (Å²) < 4.78 is 5.96. The summed E-state index contributed by atoms with van der Waals surface area (Å²) in [6, 6.07) is 13.5. The Bertz CT molecular complexity index is 1470. The smallest absolute Gasteiger partial charge is 0.236 e. The van der Waals surface area contributed by atoms with Crippen LogP contribution in [0.15, 0.2) is 55.0 Å². The number of fused-ring (bicyclic) bond motifs is 3. The lowest BCUT2D eigenvalue weighted by atomic mass is 9.99. The number of piperidine rings is 1. The number of anilines is 1. The number of H-pyrrole nitrogens is 1. The molecule has 9 nitrogen and oxygen atoms in total. The maximum Gasteiger partial charge on any atom is 0.236 e. The Morgan fingerprint density at radius 3 is 2.74 bits per heavy atom. The minimum absolute atomic E-state index is 0.205. The van der Waals surface area contributed by atoms with E-state index in [2.05, 4.69) is 43.0 Å². The fourth-order valence-corrected chi connectivity index (χ4v) is 5.61. The second kappa shape index (κ2) is 10.7. The first-order valence-corrected chi connectivity index (χ1v) is 13.3. The molecule has 1 unspecified atom stereocenters. The van der Waals surface area contributed by atoms with Crippen molar-refractivity contribution < 1.29 is 9.53 Å². The van der Waals surface area contributed by atoms with E-state index in [1.165, 1.54) is 5.69 Å². The van der Waals surface area contributed by atoms with Gasteiger partial charge in [-0.05, 0) is 49.2 Å². The Morgan fingerprint density at radius 2 is 1.92 bits per heavy atom. The average Bonchev–Trinajstić information content (AvgIpc) is 3.46. The summed E-state index contributed by atoms with van der Waals surface area (Å²) in [5, 5.41) is 11.2.